The van der Waals surface area contributed by atoms with Crippen LogP contribution in [0.3, 0.4) is 0 Å². The van der Waals surface area contributed by atoms with E-state index in [0.29, 0.717) is 16.9 Å². The van der Waals surface area contributed by atoms with Crippen molar-refractivity contribution in [3.8, 4) is 5.75 Å². The summed E-state index contributed by atoms with van der Waals surface area (Å²) >= 11 is 0. The number of rotatable bonds is 6. The number of halogens is 1. The van der Waals surface area contributed by atoms with E-state index in [1.165, 1.54) is 48.4 Å². The maximum absolute atomic E-state index is 13.6. The molecular formula is C24H20FNO5S. The minimum absolute atomic E-state index is 0.0250. The standard InChI is InChI=1S/C24H20FNO5S/c1-31-20-10-6-5-7-17(20)15-26-21(16-11-13-18(25)14-12-16)23(22(27)24(26)28)32(29,30)19-8-3-2-4-9-19/h2-14,21,27H,15H2,1H3/t21-/m0/s1. The van der Waals surface area contributed by atoms with E-state index < -0.39 is 38.3 Å². The zero-order chi connectivity index (χ0) is 22.9. The van der Waals surface area contributed by atoms with Gasteiger partial charge >= 0.3 is 0 Å². The lowest BCUT2D eigenvalue weighted by molar-refractivity contribution is -0.130. The second-order valence-electron chi connectivity index (χ2n) is 7.23. The lowest BCUT2D eigenvalue weighted by Crippen LogP contribution is -2.31. The normalized spacial score (nSPS) is 16.5. The van der Waals surface area contributed by atoms with E-state index in [0.717, 1.165) is 0 Å². The number of nitrogens with zero attached hydrogens (tertiary/aromatic N) is 1. The van der Waals surface area contributed by atoms with Crippen LogP contribution in [0.5, 0.6) is 5.75 Å². The highest BCUT2D eigenvalue weighted by atomic mass is 32.2. The zero-order valence-corrected chi connectivity index (χ0v) is 17.9. The molecule has 0 bridgehead atoms. The molecule has 3 aromatic rings. The molecule has 3 aromatic carbocycles. The van der Waals surface area contributed by atoms with Crippen molar-refractivity contribution in [2.75, 3.05) is 7.11 Å². The lowest BCUT2D eigenvalue weighted by atomic mass is 10.1. The van der Waals surface area contributed by atoms with Crippen molar-refractivity contribution >= 4 is 15.7 Å². The fourth-order valence-electron chi connectivity index (χ4n) is 3.79. The van der Waals surface area contributed by atoms with Gasteiger partial charge in [0.25, 0.3) is 5.91 Å². The van der Waals surface area contributed by atoms with Gasteiger partial charge in [-0.05, 0) is 35.9 Å². The minimum atomic E-state index is -4.23. The van der Waals surface area contributed by atoms with Crippen molar-refractivity contribution in [3.05, 3.63) is 106 Å². The molecule has 0 aromatic heterocycles. The molecule has 164 valence electrons. The second-order valence-corrected chi connectivity index (χ2v) is 9.15. The average Bonchev–Trinajstić information content (AvgIpc) is 3.06. The topological polar surface area (TPSA) is 83.9 Å². The average molecular weight is 453 g/mol. The fraction of sp³-hybridized carbons (Fsp3) is 0.125. The molecule has 1 amide bonds. The van der Waals surface area contributed by atoms with Crippen LogP contribution in [0.15, 0.2) is 94.4 Å². The Bertz CT molecular complexity index is 1290. The number of hydrogen-bond donors (Lipinski definition) is 1. The zero-order valence-electron chi connectivity index (χ0n) is 17.1. The van der Waals surface area contributed by atoms with Crippen molar-refractivity contribution in [2.24, 2.45) is 0 Å². The number of aliphatic hydroxyl groups is 1. The number of amides is 1. The summed E-state index contributed by atoms with van der Waals surface area (Å²) in [4.78, 5) is 13.8. The predicted octanol–water partition coefficient (Wildman–Crippen LogP) is 4.16. The number of sulfone groups is 1. The third kappa shape index (κ3) is 3.73. The van der Waals surface area contributed by atoms with E-state index in [9.17, 15) is 22.7 Å². The van der Waals surface area contributed by atoms with Gasteiger partial charge in [0.1, 0.15) is 16.5 Å². The monoisotopic (exact) mass is 453 g/mol. The SMILES string of the molecule is COc1ccccc1CN1C(=O)C(O)=C(S(=O)(=O)c2ccccc2)[C@@H]1c1ccc(F)cc1. The number of carbonyl (C=O) groups excluding carboxylic acids is 1. The van der Waals surface area contributed by atoms with Crippen LogP contribution in [0, 0.1) is 5.82 Å². The quantitative estimate of drug-likeness (QED) is 0.606. The molecule has 8 heteroatoms. The Hall–Kier alpha value is -3.65. The largest absolute Gasteiger partial charge is 0.502 e. The van der Waals surface area contributed by atoms with E-state index >= 15 is 0 Å². The van der Waals surface area contributed by atoms with Crippen molar-refractivity contribution in [3.63, 3.8) is 0 Å². The van der Waals surface area contributed by atoms with Crippen LogP contribution in [-0.4, -0.2) is 31.4 Å². The summed E-state index contributed by atoms with van der Waals surface area (Å²) in [5.74, 6) is -1.68. The van der Waals surface area contributed by atoms with Gasteiger partial charge in [0.2, 0.25) is 9.84 Å². The van der Waals surface area contributed by atoms with Gasteiger partial charge in [0.15, 0.2) is 5.76 Å². The lowest BCUT2D eigenvalue weighted by Gasteiger charge is -2.27. The summed E-state index contributed by atoms with van der Waals surface area (Å²) in [5, 5.41) is 10.7. The smallest absolute Gasteiger partial charge is 0.290 e. The van der Waals surface area contributed by atoms with Crippen LogP contribution in [0.25, 0.3) is 0 Å². The number of methoxy groups -OCH3 is 1. The maximum Gasteiger partial charge on any atom is 0.290 e. The Morgan fingerprint density at radius 3 is 2.25 bits per heavy atom. The van der Waals surface area contributed by atoms with Gasteiger partial charge in [0, 0.05) is 5.56 Å². The molecule has 1 aliphatic heterocycles. The summed E-state index contributed by atoms with van der Waals surface area (Å²) in [6.07, 6.45) is 0. The number of aliphatic hydroxyl groups excluding tert-OH is 1. The Labute approximate surface area is 185 Å². The molecular weight excluding hydrogens is 433 g/mol. The summed E-state index contributed by atoms with van der Waals surface area (Å²) in [7, 11) is -2.74. The van der Waals surface area contributed by atoms with Crippen LogP contribution < -0.4 is 4.74 Å². The molecule has 0 saturated carbocycles. The highest BCUT2D eigenvalue weighted by Crippen LogP contribution is 2.43. The van der Waals surface area contributed by atoms with Crippen molar-refractivity contribution in [1.82, 2.24) is 4.90 Å². The van der Waals surface area contributed by atoms with E-state index in [1.54, 1.807) is 42.5 Å². The Kier molecular flexibility index (Phi) is 5.71. The van der Waals surface area contributed by atoms with Crippen LogP contribution in [0.4, 0.5) is 4.39 Å². The van der Waals surface area contributed by atoms with Crippen LogP contribution in [0.2, 0.25) is 0 Å². The number of ether oxygens (including phenoxy) is 1. The Balaban J connectivity index is 1.87. The summed E-state index contributed by atoms with van der Waals surface area (Å²) in [6.45, 7) is -0.0250. The van der Waals surface area contributed by atoms with Crippen LogP contribution in [0.1, 0.15) is 17.2 Å². The molecule has 0 radical (unpaired) electrons. The van der Waals surface area contributed by atoms with Crippen LogP contribution >= 0.6 is 0 Å². The third-order valence-corrected chi connectivity index (χ3v) is 7.21. The van der Waals surface area contributed by atoms with Gasteiger partial charge in [-0.15, -0.1) is 0 Å². The van der Waals surface area contributed by atoms with Crippen molar-refractivity contribution in [2.45, 2.75) is 17.5 Å². The molecule has 0 fully saturated rings. The van der Waals surface area contributed by atoms with Gasteiger partial charge in [-0.1, -0.05) is 48.5 Å². The first-order valence-corrected chi connectivity index (χ1v) is 11.2. The third-order valence-electron chi connectivity index (χ3n) is 5.32. The molecule has 0 aliphatic carbocycles. The molecule has 0 spiro atoms. The van der Waals surface area contributed by atoms with Crippen molar-refractivity contribution in [1.29, 1.82) is 0 Å². The number of hydrogen-bond acceptors (Lipinski definition) is 5. The molecule has 1 N–H and O–H groups in total. The Morgan fingerprint density at radius 1 is 0.969 bits per heavy atom. The molecule has 4 rings (SSSR count). The highest BCUT2D eigenvalue weighted by Gasteiger charge is 2.47. The number of para-hydroxylation sites is 1. The second kappa shape index (κ2) is 8.47. The fourth-order valence-corrected chi connectivity index (χ4v) is 5.46. The van der Waals surface area contributed by atoms with E-state index in [-0.39, 0.29) is 11.4 Å². The van der Waals surface area contributed by atoms with E-state index in [4.69, 9.17) is 4.74 Å². The van der Waals surface area contributed by atoms with Gasteiger partial charge < -0.3 is 14.7 Å². The molecule has 0 unspecified atom stereocenters. The first kappa shape index (κ1) is 21.6. The van der Waals surface area contributed by atoms with Crippen LogP contribution in [-0.2, 0) is 21.2 Å². The first-order valence-electron chi connectivity index (χ1n) is 9.76. The minimum Gasteiger partial charge on any atom is -0.502 e. The molecule has 32 heavy (non-hydrogen) atoms. The van der Waals surface area contributed by atoms with E-state index in [1.807, 2.05) is 0 Å². The predicted molar refractivity (Wildman–Crippen MR) is 116 cm³/mol. The highest BCUT2D eigenvalue weighted by molar-refractivity contribution is 7.95. The Morgan fingerprint density at radius 2 is 1.59 bits per heavy atom. The molecule has 1 heterocycles. The molecule has 6 nitrogen and oxygen atoms in total. The van der Waals surface area contributed by atoms with Gasteiger partial charge in [-0.25, -0.2) is 12.8 Å². The maximum atomic E-state index is 13.6. The summed E-state index contributed by atoms with van der Waals surface area (Å²) in [6, 6.07) is 18.6. The van der Waals surface area contributed by atoms with Gasteiger partial charge in [-0.2, -0.15) is 0 Å². The number of carbonyl (C=O) groups is 1. The summed E-state index contributed by atoms with van der Waals surface area (Å²) in [5.41, 5.74) is 0.981. The van der Waals surface area contributed by atoms with E-state index in [2.05, 4.69) is 0 Å². The summed E-state index contributed by atoms with van der Waals surface area (Å²) < 4.78 is 45.9. The van der Waals surface area contributed by atoms with Gasteiger partial charge in [-0.3, -0.25) is 4.79 Å². The molecule has 1 aliphatic rings. The first-order chi connectivity index (χ1) is 15.3. The van der Waals surface area contributed by atoms with Gasteiger partial charge in [0.05, 0.1) is 24.6 Å². The van der Waals surface area contributed by atoms with Crippen molar-refractivity contribution < 1.29 is 27.4 Å². The number of benzene rings is 3. The molecule has 1 atom stereocenters. The molecule has 0 saturated heterocycles.